The summed E-state index contributed by atoms with van der Waals surface area (Å²) in [6, 6.07) is 12.9. The Morgan fingerprint density at radius 3 is 2.78 bits per heavy atom. The van der Waals surface area contributed by atoms with Gasteiger partial charge >= 0.3 is 0 Å². The summed E-state index contributed by atoms with van der Waals surface area (Å²) < 4.78 is 0. The van der Waals surface area contributed by atoms with Crippen molar-refractivity contribution < 1.29 is 9.59 Å². The predicted octanol–water partition coefficient (Wildman–Crippen LogP) is 1.88. The van der Waals surface area contributed by atoms with Crippen molar-refractivity contribution in [2.75, 3.05) is 11.6 Å². The van der Waals surface area contributed by atoms with Crippen molar-refractivity contribution in [3.8, 4) is 0 Å². The fraction of sp³-hybridized carbons (Fsp3) is 0.188. The minimum absolute atomic E-state index is 0.0575. The van der Waals surface area contributed by atoms with Gasteiger partial charge in [-0.05, 0) is 30.5 Å². The first-order chi connectivity index (χ1) is 11.1. The maximum atomic E-state index is 12.3. The highest BCUT2D eigenvalue weighted by Crippen LogP contribution is 2.18. The van der Waals surface area contributed by atoms with E-state index in [1.807, 2.05) is 42.6 Å². The zero-order chi connectivity index (χ0) is 16.2. The summed E-state index contributed by atoms with van der Waals surface area (Å²) >= 11 is 1.58. The van der Waals surface area contributed by atoms with Crippen molar-refractivity contribution in [3.05, 3.63) is 52.7 Å². The summed E-state index contributed by atoms with van der Waals surface area (Å²) in [5.74, 6) is -0.407. The number of hydrogen-bond acceptors (Lipinski definition) is 5. The van der Waals surface area contributed by atoms with Crippen LogP contribution >= 0.6 is 11.3 Å². The number of anilines is 1. The minimum Gasteiger partial charge on any atom is -0.342 e. The number of amidine groups is 1. The quantitative estimate of drug-likeness (QED) is 0.900. The molecule has 0 saturated carbocycles. The molecular formula is C16H16N4O2S. The van der Waals surface area contributed by atoms with E-state index >= 15 is 0 Å². The average molecular weight is 328 g/mol. The van der Waals surface area contributed by atoms with Crippen LogP contribution in [0.3, 0.4) is 0 Å². The molecule has 1 unspecified atom stereocenters. The van der Waals surface area contributed by atoms with Crippen LogP contribution in [0.4, 0.5) is 5.69 Å². The Labute approximate surface area is 137 Å². The summed E-state index contributed by atoms with van der Waals surface area (Å²) in [5.41, 5.74) is 3.47. The molecule has 1 atom stereocenters. The predicted molar refractivity (Wildman–Crippen MR) is 90.2 cm³/mol. The lowest BCUT2D eigenvalue weighted by atomic mass is 10.2. The smallest absolute Gasteiger partial charge is 0.288 e. The fourth-order valence-electron chi connectivity index (χ4n) is 2.20. The van der Waals surface area contributed by atoms with E-state index in [4.69, 9.17) is 0 Å². The van der Waals surface area contributed by atoms with Crippen LogP contribution in [0.1, 0.15) is 17.8 Å². The molecule has 0 aliphatic carbocycles. The molecule has 7 heteroatoms. The normalized spacial score (nSPS) is 15.6. The van der Waals surface area contributed by atoms with Gasteiger partial charge in [-0.15, -0.1) is 11.3 Å². The number of carbonyl (C=O) groups excluding carboxylic acids is 2. The van der Waals surface area contributed by atoms with Crippen molar-refractivity contribution >= 4 is 34.7 Å². The molecule has 2 heterocycles. The Morgan fingerprint density at radius 1 is 1.30 bits per heavy atom. The van der Waals surface area contributed by atoms with Crippen LogP contribution in [-0.4, -0.2) is 24.2 Å². The molecule has 0 fully saturated rings. The fourth-order valence-corrected chi connectivity index (χ4v) is 2.94. The molecule has 118 valence electrons. The highest BCUT2D eigenvalue weighted by molar-refractivity contribution is 7.10. The molecule has 23 heavy (non-hydrogen) atoms. The van der Waals surface area contributed by atoms with Crippen LogP contribution in [0.2, 0.25) is 0 Å². The molecule has 0 spiro atoms. The average Bonchev–Trinajstić information content (AvgIpc) is 3.10. The second-order valence-electron chi connectivity index (χ2n) is 5.05. The first-order valence-corrected chi connectivity index (χ1v) is 8.06. The van der Waals surface area contributed by atoms with Crippen LogP contribution in [0.25, 0.3) is 0 Å². The molecule has 3 rings (SSSR count). The van der Waals surface area contributed by atoms with Crippen molar-refractivity contribution in [2.45, 2.75) is 13.0 Å². The van der Waals surface area contributed by atoms with Crippen molar-refractivity contribution in [1.82, 2.24) is 10.7 Å². The van der Waals surface area contributed by atoms with E-state index in [-0.39, 0.29) is 30.2 Å². The lowest BCUT2D eigenvalue weighted by Gasteiger charge is -2.28. The summed E-state index contributed by atoms with van der Waals surface area (Å²) in [6.07, 6.45) is 0. The van der Waals surface area contributed by atoms with Crippen LogP contribution in [0.15, 0.2) is 52.8 Å². The van der Waals surface area contributed by atoms with E-state index in [1.165, 1.54) is 5.01 Å². The first-order valence-electron chi connectivity index (χ1n) is 7.18. The number of aliphatic imine (C=N–C) groups is 1. The van der Waals surface area contributed by atoms with Gasteiger partial charge in [-0.2, -0.15) is 0 Å². The number of amides is 2. The SMILES string of the molecule is CC(NC(=O)C1=NCC(=O)N(c2ccccc2)N1)c1cccs1. The van der Waals surface area contributed by atoms with Gasteiger partial charge in [0, 0.05) is 4.88 Å². The van der Waals surface area contributed by atoms with Gasteiger partial charge < -0.3 is 5.32 Å². The van der Waals surface area contributed by atoms with Gasteiger partial charge in [0.15, 0.2) is 0 Å². The Hall–Kier alpha value is -2.67. The van der Waals surface area contributed by atoms with E-state index < -0.39 is 0 Å². The van der Waals surface area contributed by atoms with Gasteiger partial charge in [0.2, 0.25) is 5.84 Å². The molecule has 1 aromatic carbocycles. The number of thiophene rings is 1. The Kier molecular flexibility index (Phi) is 4.38. The van der Waals surface area contributed by atoms with E-state index in [0.717, 1.165) is 4.88 Å². The molecule has 1 aliphatic heterocycles. The second kappa shape index (κ2) is 6.62. The molecule has 0 bridgehead atoms. The molecule has 2 aromatic rings. The number of nitrogens with zero attached hydrogens (tertiary/aromatic N) is 2. The molecule has 2 amide bonds. The number of rotatable bonds is 4. The Morgan fingerprint density at radius 2 is 2.09 bits per heavy atom. The summed E-state index contributed by atoms with van der Waals surface area (Å²) in [7, 11) is 0. The highest BCUT2D eigenvalue weighted by Gasteiger charge is 2.26. The summed E-state index contributed by atoms with van der Waals surface area (Å²) in [6.45, 7) is 1.85. The van der Waals surface area contributed by atoms with Gasteiger partial charge in [0.25, 0.3) is 11.8 Å². The highest BCUT2D eigenvalue weighted by atomic mass is 32.1. The molecule has 1 aromatic heterocycles. The Balaban J connectivity index is 1.70. The van der Waals surface area contributed by atoms with E-state index in [2.05, 4.69) is 15.7 Å². The van der Waals surface area contributed by atoms with Crippen LogP contribution < -0.4 is 15.8 Å². The number of benzene rings is 1. The summed E-state index contributed by atoms with van der Waals surface area (Å²) in [4.78, 5) is 29.4. The van der Waals surface area contributed by atoms with E-state index in [0.29, 0.717) is 5.69 Å². The van der Waals surface area contributed by atoms with Crippen LogP contribution in [-0.2, 0) is 9.59 Å². The van der Waals surface area contributed by atoms with Gasteiger partial charge in [-0.1, -0.05) is 24.3 Å². The molecule has 1 aliphatic rings. The van der Waals surface area contributed by atoms with Gasteiger partial charge in [-0.25, -0.2) is 5.01 Å². The monoisotopic (exact) mass is 328 g/mol. The Bertz CT molecular complexity index is 728. The van der Waals surface area contributed by atoms with Crippen molar-refractivity contribution in [1.29, 1.82) is 0 Å². The number of carbonyl (C=O) groups is 2. The topological polar surface area (TPSA) is 73.8 Å². The van der Waals surface area contributed by atoms with Crippen molar-refractivity contribution in [2.24, 2.45) is 4.99 Å². The van der Waals surface area contributed by atoms with Gasteiger partial charge in [-0.3, -0.25) is 20.0 Å². The third-order valence-corrected chi connectivity index (χ3v) is 4.44. The lowest BCUT2D eigenvalue weighted by molar-refractivity contribution is -0.118. The molecule has 0 radical (unpaired) electrons. The second-order valence-corrected chi connectivity index (χ2v) is 6.03. The zero-order valence-electron chi connectivity index (χ0n) is 12.5. The number of para-hydroxylation sites is 1. The zero-order valence-corrected chi connectivity index (χ0v) is 13.3. The van der Waals surface area contributed by atoms with E-state index in [1.54, 1.807) is 23.5 Å². The number of hydrogen-bond donors (Lipinski definition) is 2. The maximum Gasteiger partial charge on any atom is 0.288 e. The first kappa shape index (κ1) is 15.2. The van der Waals surface area contributed by atoms with E-state index in [9.17, 15) is 9.59 Å². The van der Waals surface area contributed by atoms with Crippen LogP contribution in [0.5, 0.6) is 0 Å². The number of nitrogens with one attached hydrogen (secondary N) is 2. The third-order valence-electron chi connectivity index (χ3n) is 3.39. The molecule has 2 N–H and O–H groups in total. The van der Waals surface area contributed by atoms with Gasteiger partial charge in [0.05, 0.1) is 11.7 Å². The largest absolute Gasteiger partial charge is 0.342 e. The minimum atomic E-state index is -0.334. The van der Waals surface area contributed by atoms with Crippen molar-refractivity contribution in [3.63, 3.8) is 0 Å². The lowest BCUT2D eigenvalue weighted by Crippen LogP contribution is -2.55. The number of hydrazine groups is 1. The standard InChI is InChI=1S/C16H16N4O2S/c1-11(13-8-5-9-23-13)18-16(22)15-17-10-14(21)20(19-15)12-6-3-2-4-7-12/h2-9,11H,10H2,1H3,(H,17,19)(H,18,22). The molecular weight excluding hydrogens is 312 g/mol. The molecule has 6 nitrogen and oxygen atoms in total. The van der Waals surface area contributed by atoms with Crippen LogP contribution in [0, 0.1) is 0 Å². The summed E-state index contributed by atoms with van der Waals surface area (Å²) in [5, 5.41) is 6.19. The maximum absolute atomic E-state index is 12.3. The van der Waals surface area contributed by atoms with Gasteiger partial charge in [0.1, 0.15) is 6.54 Å². The molecule has 0 saturated heterocycles. The third kappa shape index (κ3) is 3.40.